The van der Waals surface area contributed by atoms with Gasteiger partial charge in [0.15, 0.2) is 9.84 Å². The van der Waals surface area contributed by atoms with Crippen molar-refractivity contribution >= 4 is 27.5 Å². The molecule has 9 nitrogen and oxygen atoms in total. The molecule has 0 atom stereocenters. The van der Waals surface area contributed by atoms with E-state index in [4.69, 9.17) is 4.74 Å². The molecule has 3 aromatic rings. The van der Waals surface area contributed by atoms with Crippen molar-refractivity contribution in [1.82, 2.24) is 14.8 Å². The lowest BCUT2D eigenvalue weighted by Gasteiger charge is -2.22. The lowest BCUT2D eigenvalue weighted by molar-refractivity contribution is -0.116. The smallest absolute Gasteiger partial charge is 0.254 e. The molecule has 1 aliphatic rings. The van der Waals surface area contributed by atoms with Crippen LogP contribution in [0.1, 0.15) is 28.4 Å². The van der Waals surface area contributed by atoms with Crippen molar-refractivity contribution in [3.05, 3.63) is 71.2 Å². The Kier molecular flexibility index (Phi) is 8.31. The molecule has 0 saturated heterocycles. The fourth-order valence-corrected chi connectivity index (χ4v) is 5.22. The van der Waals surface area contributed by atoms with Crippen molar-refractivity contribution in [3.8, 4) is 16.9 Å². The number of hydrogen-bond acceptors (Lipinski definition) is 7. The Morgan fingerprint density at radius 2 is 1.87 bits per heavy atom. The Morgan fingerprint density at radius 3 is 2.51 bits per heavy atom. The number of halogens is 1. The third-order valence-corrected chi connectivity index (χ3v) is 7.46. The predicted molar refractivity (Wildman–Crippen MR) is 146 cm³/mol. The van der Waals surface area contributed by atoms with Gasteiger partial charge in [0.25, 0.3) is 5.91 Å². The summed E-state index contributed by atoms with van der Waals surface area (Å²) in [5.41, 5.74) is 2.65. The molecule has 2 aromatic carbocycles. The van der Waals surface area contributed by atoms with Gasteiger partial charge in [0, 0.05) is 41.3 Å². The maximum absolute atomic E-state index is 15.1. The van der Waals surface area contributed by atoms with Gasteiger partial charge >= 0.3 is 0 Å². The van der Waals surface area contributed by atoms with Crippen LogP contribution in [0.2, 0.25) is 0 Å². The first-order valence-electron chi connectivity index (χ1n) is 12.5. The summed E-state index contributed by atoms with van der Waals surface area (Å²) in [5.74, 6) is -0.352. The van der Waals surface area contributed by atoms with Gasteiger partial charge in [0.2, 0.25) is 5.91 Å². The maximum atomic E-state index is 15.1. The molecule has 0 bridgehead atoms. The number of likely N-dealkylation sites (N-methyl/N-ethyl adjacent to an activating group) is 1. The van der Waals surface area contributed by atoms with E-state index >= 15 is 4.39 Å². The summed E-state index contributed by atoms with van der Waals surface area (Å²) >= 11 is 0. The van der Waals surface area contributed by atoms with Gasteiger partial charge in [-0.3, -0.25) is 9.59 Å². The van der Waals surface area contributed by atoms with Crippen LogP contribution in [0.25, 0.3) is 11.1 Å². The summed E-state index contributed by atoms with van der Waals surface area (Å²) in [6, 6.07) is 11.7. The Morgan fingerprint density at radius 1 is 1.13 bits per heavy atom. The lowest BCUT2D eigenvalue weighted by Crippen LogP contribution is -2.33. The first-order valence-corrected chi connectivity index (χ1v) is 14.3. The van der Waals surface area contributed by atoms with Crippen LogP contribution >= 0.6 is 0 Å². The fourth-order valence-electron chi connectivity index (χ4n) is 4.46. The fraction of sp³-hybridized carbons (Fsp3) is 0.321. The summed E-state index contributed by atoms with van der Waals surface area (Å²) < 4.78 is 44.9. The second kappa shape index (κ2) is 11.5. The summed E-state index contributed by atoms with van der Waals surface area (Å²) in [6.45, 7) is 2.70. The number of ether oxygens (including phenoxy) is 1. The Hall–Kier alpha value is -3.83. The minimum absolute atomic E-state index is 0.0749. The molecule has 0 fully saturated rings. The molecule has 39 heavy (non-hydrogen) atoms. The number of nitrogens with one attached hydrogen (secondary N) is 1. The van der Waals surface area contributed by atoms with Crippen molar-refractivity contribution in [3.63, 3.8) is 0 Å². The van der Waals surface area contributed by atoms with Gasteiger partial charge in [-0.25, -0.2) is 17.8 Å². The molecule has 11 heteroatoms. The first-order chi connectivity index (χ1) is 18.5. The van der Waals surface area contributed by atoms with E-state index in [0.717, 1.165) is 29.0 Å². The monoisotopic (exact) mass is 554 g/mol. The van der Waals surface area contributed by atoms with Gasteiger partial charge in [-0.15, -0.1) is 0 Å². The number of amides is 2. The van der Waals surface area contributed by atoms with Crippen molar-refractivity contribution in [2.24, 2.45) is 0 Å². The average Bonchev–Trinajstić information content (AvgIpc) is 3.09. The summed E-state index contributed by atoms with van der Waals surface area (Å²) in [4.78, 5) is 32.8. The second-order valence-electron chi connectivity index (χ2n) is 9.65. The van der Waals surface area contributed by atoms with Crippen LogP contribution in [0.15, 0.2) is 53.6 Å². The quantitative estimate of drug-likeness (QED) is 0.477. The largest absolute Gasteiger partial charge is 0.491 e. The normalized spacial score (nSPS) is 13.4. The van der Waals surface area contributed by atoms with E-state index in [1.165, 1.54) is 6.07 Å². The zero-order chi connectivity index (χ0) is 28.3. The molecule has 4 rings (SSSR count). The van der Waals surface area contributed by atoms with Crippen LogP contribution in [0.5, 0.6) is 5.75 Å². The molecular weight excluding hydrogens is 523 g/mol. The highest BCUT2D eigenvalue weighted by Crippen LogP contribution is 2.31. The molecule has 1 aliphatic heterocycles. The minimum Gasteiger partial charge on any atom is -0.491 e. The van der Waals surface area contributed by atoms with Crippen LogP contribution in [0.4, 0.5) is 10.2 Å². The third kappa shape index (κ3) is 6.43. The third-order valence-electron chi connectivity index (χ3n) is 6.34. The number of nitrogens with zero attached hydrogens (tertiary/aromatic N) is 3. The summed E-state index contributed by atoms with van der Waals surface area (Å²) in [5, 5.41) is 2.75. The maximum Gasteiger partial charge on any atom is 0.254 e. The summed E-state index contributed by atoms with van der Waals surface area (Å²) in [7, 11) is -0.156. The SMILES string of the molecule is CCc1c(C(=O)N2CCOc3ccc(-c4ccc(NC(=O)CN(C)C)nc4)cc3C2)ccc(S(C)(=O)=O)c1F. The molecular formula is C28H31FN4O5S. The number of aromatic nitrogens is 1. The molecule has 2 heterocycles. The molecule has 0 radical (unpaired) electrons. The van der Waals surface area contributed by atoms with E-state index in [1.54, 1.807) is 29.0 Å². The lowest BCUT2D eigenvalue weighted by atomic mass is 10.0. The van der Waals surface area contributed by atoms with Crippen molar-refractivity contribution in [2.45, 2.75) is 24.8 Å². The standard InChI is InChI=1S/C28H31FN4O5S/c1-5-21-22(8-10-24(27(21)29)39(4,36)37)28(35)33-12-13-38-23-9-6-18(14-20(23)16-33)19-7-11-25(30-15-19)31-26(34)17-32(2)3/h6-11,14-15H,5,12-13,16-17H2,1-4H3,(H,30,31,34). The van der Waals surface area contributed by atoms with E-state index in [1.807, 2.05) is 38.4 Å². The number of sulfone groups is 1. The topological polar surface area (TPSA) is 109 Å². The van der Waals surface area contributed by atoms with Crippen LogP contribution in [-0.4, -0.2) is 75.1 Å². The number of carbonyl (C=O) groups is 2. The second-order valence-corrected chi connectivity index (χ2v) is 11.6. The molecule has 1 N–H and O–H groups in total. The van der Waals surface area contributed by atoms with Gasteiger partial charge in [0.1, 0.15) is 28.9 Å². The van der Waals surface area contributed by atoms with E-state index in [-0.39, 0.29) is 49.7 Å². The van der Waals surface area contributed by atoms with E-state index < -0.39 is 26.5 Å². The summed E-state index contributed by atoms with van der Waals surface area (Å²) in [6.07, 6.45) is 2.77. The molecule has 0 saturated carbocycles. The number of fused-ring (bicyclic) bond motifs is 1. The number of rotatable bonds is 7. The van der Waals surface area contributed by atoms with Crippen molar-refractivity contribution in [2.75, 3.05) is 45.4 Å². The van der Waals surface area contributed by atoms with Crippen LogP contribution in [-0.2, 0) is 27.6 Å². The van der Waals surface area contributed by atoms with Crippen molar-refractivity contribution in [1.29, 1.82) is 0 Å². The number of pyridine rings is 1. The molecule has 0 aliphatic carbocycles. The molecule has 2 amide bonds. The van der Waals surface area contributed by atoms with Gasteiger partial charge in [-0.05, 0) is 62.5 Å². The molecule has 1 aromatic heterocycles. The van der Waals surface area contributed by atoms with Gasteiger partial charge in [0.05, 0.1) is 13.1 Å². The molecule has 206 valence electrons. The highest BCUT2D eigenvalue weighted by atomic mass is 32.2. The van der Waals surface area contributed by atoms with E-state index in [2.05, 4.69) is 10.3 Å². The number of anilines is 1. The van der Waals surface area contributed by atoms with E-state index in [9.17, 15) is 18.0 Å². The zero-order valence-corrected chi connectivity index (χ0v) is 23.1. The number of hydrogen-bond donors (Lipinski definition) is 1. The molecule has 0 unspecified atom stereocenters. The van der Waals surface area contributed by atoms with Crippen LogP contribution in [0, 0.1) is 5.82 Å². The first kappa shape index (κ1) is 28.2. The van der Waals surface area contributed by atoms with Crippen molar-refractivity contribution < 1.29 is 27.1 Å². The van der Waals surface area contributed by atoms with Gasteiger partial charge < -0.3 is 19.9 Å². The number of carbonyl (C=O) groups excluding carboxylic acids is 2. The van der Waals surface area contributed by atoms with Gasteiger partial charge in [-0.2, -0.15) is 0 Å². The highest BCUT2D eigenvalue weighted by Gasteiger charge is 2.27. The minimum atomic E-state index is -3.77. The molecule has 0 spiro atoms. The Bertz CT molecular complexity index is 1510. The Balaban J connectivity index is 1.58. The van der Waals surface area contributed by atoms with Crippen LogP contribution < -0.4 is 10.1 Å². The number of benzene rings is 2. The van der Waals surface area contributed by atoms with E-state index in [0.29, 0.717) is 11.6 Å². The van der Waals surface area contributed by atoms with Gasteiger partial charge in [-0.1, -0.05) is 13.0 Å². The van der Waals surface area contributed by atoms with Crippen LogP contribution in [0.3, 0.4) is 0 Å². The highest BCUT2D eigenvalue weighted by molar-refractivity contribution is 7.90. The zero-order valence-electron chi connectivity index (χ0n) is 22.3. The Labute approximate surface area is 227 Å². The predicted octanol–water partition coefficient (Wildman–Crippen LogP) is 3.39. The average molecular weight is 555 g/mol.